The molecule has 0 aliphatic heterocycles. The van der Waals surface area contributed by atoms with Gasteiger partial charge in [-0.15, -0.1) is 0 Å². The van der Waals surface area contributed by atoms with Gasteiger partial charge in [0.05, 0.1) is 11.6 Å². The highest BCUT2D eigenvalue weighted by atomic mass is 32.2. The van der Waals surface area contributed by atoms with Crippen molar-refractivity contribution in [3.63, 3.8) is 0 Å². The molecule has 0 fully saturated rings. The second-order valence-corrected chi connectivity index (χ2v) is 6.17. The first-order chi connectivity index (χ1) is 11.6. The maximum atomic E-state index is 12.2. The monoisotopic (exact) mass is 339 g/mol. The lowest BCUT2D eigenvalue weighted by atomic mass is 10.2. The molecule has 0 saturated heterocycles. The van der Waals surface area contributed by atoms with Gasteiger partial charge in [-0.2, -0.15) is 5.26 Å². The summed E-state index contributed by atoms with van der Waals surface area (Å²) in [5, 5.41) is 8.66. The number of hydrogen-bond donors (Lipinski definition) is 0. The largest absolute Gasteiger partial charge is 0.427 e. The Bertz CT molecular complexity index is 746. The minimum Gasteiger partial charge on any atom is -0.427 e. The van der Waals surface area contributed by atoms with Crippen molar-refractivity contribution < 1.29 is 14.3 Å². The van der Waals surface area contributed by atoms with E-state index in [1.807, 2.05) is 13.0 Å². The van der Waals surface area contributed by atoms with Gasteiger partial charge in [-0.25, -0.2) is 0 Å². The highest BCUT2D eigenvalue weighted by molar-refractivity contribution is 8.14. The van der Waals surface area contributed by atoms with Crippen LogP contribution in [0.25, 0.3) is 0 Å². The number of nitriles is 1. The molecule has 0 radical (unpaired) electrons. The number of rotatable bonds is 6. The Morgan fingerprint density at radius 1 is 1.08 bits per heavy atom. The number of ether oxygens (including phenoxy) is 1. The molecule has 0 amide bonds. The number of carbonyl (C=O) groups excluding carboxylic acids is 2. The Morgan fingerprint density at radius 2 is 1.75 bits per heavy atom. The molecule has 0 spiro atoms. The van der Waals surface area contributed by atoms with Crippen LogP contribution in [0.1, 0.15) is 42.1 Å². The fraction of sp³-hybridized carbons (Fsp3) is 0.211. The molecule has 2 rings (SSSR count). The highest BCUT2D eigenvalue weighted by Gasteiger charge is 2.10. The van der Waals surface area contributed by atoms with Gasteiger partial charge in [0.25, 0.3) is 0 Å². The summed E-state index contributed by atoms with van der Waals surface area (Å²) < 4.78 is 5.21. The van der Waals surface area contributed by atoms with Crippen molar-refractivity contribution in [3.05, 3.63) is 59.7 Å². The molecule has 0 saturated carbocycles. The van der Waals surface area contributed by atoms with Gasteiger partial charge in [0.15, 0.2) is 0 Å². The van der Waals surface area contributed by atoms with Crippen molar-refractivity contribution in [1.82, 2.24) is 0 Å². The van der Waals surface area contributed by atoms with Crippen LogP contribution in [-0.4, -0.2) is 11.1 Å². The Morgan fingerprint density at radius 3 is 2.33 bits per heavy atom. The number of thioether (sulfide) groups is 1. The van der Waals surface area contributed by atoms with Crippen LogP contribution in [0.5, 0.6) is 5.75 Å². The van der Waals surface area contributed by atoms with Crippen molar-refractivity contribution in [2.75, 3.05) is 0 Å². The molecular formula is C19H17NO3S. The van der Waals surface area contributed by atoms with E-state index in [-0.39, 0.29) is 11.1 Å². The van der Waals surface area contributed by atoms with Crippen LogP contribution in [0.4, 0.5) is 0 Å². The molecule has 0 atom stereocenters. The number of nitrogens with zero attached hydrogens (tertiary/aromatic N) is 1. The van der Waals surface area contributed by atoms with E-state index >= 15 is 0 Å². The van der Waals surface area contributed by atoms with Gasteiger partial charge in [-0.05, 0) is 66.7 Å². The molecule has 0 aliphatic rings. The van der Waals surface area contributed by atoms with E-state index in [1.165, 1.54) is 0 Å². The van der Waals surface area contributed by atoms with Gasteiger partial charge in [0, 0.05) is 16.9 Å². The lowest BCUT2D eigenvalue weighted by Gasteiger charge is -2.05. The third kappa shape index (κ3) is 5.25. The van der Waals surface area contributed by atoms with Crippen LogP contribution in [0.2, 0.25) is 0 Å². The van der Waals surface area contributed by atoms with Crippen molar-refractivity contribution in [3.8, 4) is 11.8 Å². The zero-order valence-corrected chi connectivity index (χ0v) is 14.1. The Kier molecular flexibility index (Phi) is 6.59. The zero-order valence-electron chi connectivity index (χ0n) is 13.3. The van der Waals surface area contributed by atoms with Crippen molar-refractivity contribution in [1.29, 1.82) is 5.26 Å². The van der Waals surface area contributed by atoms with Crippen molar-refractivity contribution in [2.45, 2.75) is 31.1 Å². The standard InChI is InChI=1S/C19H17NO3S/c1-2-3-4-18(21)23-16-9-7-15(8-10-16)19(22)24-17-11-5-14(13-20)6-12-17/h5-12H,2-4H2,1H3. The lowest BCUT2D eigenvalue weighted by Crippen LogP contribution is -2.07. The molecule has 2 aromatic rings. The van der Waals surface area contributed by atoms with Gasteiger partial charge in [-0.3, -0.25) is 9.59 Å². The molecule has 0 unspecified atom stereocenters. The Labute approximate surface area is 145 Å². The van der Waals surface area contributed by atoms with E-state index in [0.717, 1.165) is 29.5 Å². The van der Waals surface area contributed by atoms with Crippen molar-refractivity contribution in [2.24, 2.45) is 0 Å². The van der Waals surface area contributed by atoms with E-state index < -0.39 is 0 Å². The van der Waals surface area contributed by atoms with Gasteiger partial charge in [0.1, 0.15) is 5.75 Å². The third-order valence-electron chi connectivity index (χ3n) is 3.25. The van der Waals surface area contributed by atoms with Crippen LogP contribution in [-0.2, 0) is 4.79 Å². The first kappa shape index (κ1) is 17.8. The topological polar surface area (TPSA) is 67.2 Å². The predicted octanol–water partition coefficient (Wildman–Crippen LogP) is 4.59. The summed E-state index contributed by atoms with van der Waals surface area (Å²) in [5.41, 5.74) is 1.08. The van der Waals surface area contributed by atoms with Gasteiger partial charge < -0.3 is 4.74 Å². The third-order valence-corrected chi connectivity index (χ3v) is 4.18. The zero-order chi connectivity index (χ0) is 17.4. The Hall–Kier alpha value is -2.58. The SMILES string of the molecule is CCCCC(=O)Oc1ccc(C(=O)Sc2ccc(C#N)cc2)cc1. The quantitative estimate of drug-likeness (QED) is 0.437. The molecule has 0 aliphatic carbocycles. The molecular weight excluding hydrogens is 322 g/mol. The maximum absolute atomic E-state index is 12.2. The molecule has 2 aromatic carbocycles. The van der Waals surface area contributed by atoms with E-state index in [1.54, 1.807) is 48.5 Å². The van der Waals surface area contributed by atoms with E-state index in [9.17, 15) is 9.59 Å². The summed E-state index contributed by atoms with van der Waals surface area (Å²) in [4.78, 5) is 24.6. The maximum Gasteiger partial charge on any atom is 0.311 e. The summed E-state index contributed by atoms with van der Waals surface area (Å²) in [6.45, 7) is 2.01. The highest BCUT2D eigenvalue weighted by Crippen LogP contribution is 2.24. The second kappa shape index (κ2) is 8.90. The predicted molar refractivity (Wildman–Crippen MR) is 92.9 cm³/mol. The fourth-order valence-electron chi connectivity index (χ4n) is 1.93. The number of carbonyl (C=O) groups is 2. The first-order valence-corrected chi connectivity index (χ1v) is 8.47. The average Bonchev–Trinajstić information content (AvgIpc) is 2.61. The molecule has 0 heterocycles. The molecule has 122 valence electrons. The normalized spacial score (nSPS) is 10.0. The average molecular weight is 339 g/mol. The number of unbranched alkanes of at least 4 members (excludes halogenated alkanes) is 1. The number of hydrogen-bond acceptors (Lipinski definition) is 5. The van der Waals surface area contributed by atoms with Crippen LogP contribution in [0, 0.1) is 11.3 Å². The van der Waals surface area contributed by atoms with E-state index in [0.29, 0.717) is 23.3 Å². The van der Waals surface area contributed by atoms with Crippen LogP contribution < -0.4 is 4.74 Å². The van der Waals surface area contributed by atoms with E-state index in [4.69, 9.17) is 10.00 Å². The van der Waals surface area contributed by atoms with E-state index in [2.05, 4.69) is 0 Å². The summed E-state index contributed by atoms with van der Waals surface area (Å²) >= 11 is 1.09. The Balaban J connectivity index is 1.95. The molecule has 4 nitrogen and oxygen atoms in total. The van der Waals surface area contributed by atoms with Gasteiger partial charge in [-0.1, -0.05) is 13.3 Å². The molecule has 24 heavy (non-hydrogen) atoms. The molecule has 5 heteroatoms. The summed E-state index contributed by atoms with van der Waals surface area (Å²) in [6.07, 6.45) is 2.14. The molecule has 0 aromatic heterocycles. The van der Waals surface area contributed by atoms with Gasteiger partial charge >= 0.3 is 5.97 Å². The van der Waals surface area contributed by atoms with Crippen LogP contribution in [0.3, 0.4) is 0 Å². The minimum atomic E-state index is -0.261. The fourth-order valence-corrected chi connectivity index (χ4v) is 2.67. The summed E-state index contributed by atoms with van der Waals surface area (Å²) in [6, 6.07) is 15.4. The van der Waals surface area contributed by atoms with Crippen molar-refractivity contribution >= 4 is 22.8 Å². The minimum absolute atomic E-state index is 0.108. The molecule has 0 bridgehead atoms. The first-order valence-electron chi connectivity index (χ1n) is 7.65. The van der Waals surface area contributed by atoms with Crippen LogP contribution in [0.15, 0.2) is 53.4 Å². The van der Waals surface area contributed by atoms with Crippen LogP contribution >= 0.6 is 11.8 Å². The summed E-state index contributed by atoms with van der Waals surface area (Å²) in [5.74, 6) is 0.180. The van der Waals surface area contributed by atoms with Gasteiger partial charge in [0.2, 0.25) is 5.12 Å². The smallest absolute Gasteiger partial charge is 0.311 e. The second-order valence-electron chi connectivity index (χ2n) is 5.13. The lowest BCUT2D eigenvalue weighted by molar-refractivity contribution is -0.134. The number of benzene rings is 2. The molecule has 0 N–H and O–H groups in total. The number of esters is 1. The summed E-state index contributed by atoms with van der Waals surface area (Å²) in [7, 11) is 0.